The molecule has 2 rings (SSSR count). The Bertz CT molecular complexity index is 427. The van der Waals surface area contributed by atoms with Gasteiger partial charge in [-0.2, -0.15) is 0 Å². The zero-order valence-corrected chi connectivity index (χ0v) is 10.7. The summed E-state index contributed by atoms with van der Waals surface area (Å²) in [5.74, 6) is 5.19. The lowest BCUT2D eigenvalue weighted by atomic mass is 9.83. The molecule has 1 aromatic rings. The summed E-state index contributed by atoms with van der Waals surface area (Å²) in [7, 11) is 0. The normalized spacial score (nSPS) is 18.1. The first-order chi connectivity index (χ1) is 8.63. The van der Waals surface area contributed by atoms with Crippen molar-refractivity contribution in [1.29, 1.82) is 0 Å². The van der Waals surface area contributed by atoms with Crippen molar-refractivity contribution in [3.63, 3.8) is 0 Å². The molecular formula is C13H20N4O. The van der Waals surface area contributed by atoms with E-state index in [0.29, 0.717) is 11.4 Å². The molecule has 98 valence electrons. The van der Waals surface area contributed by atoms with Gasteiger partial charge in [0.25, 0.3) is 5.91 Å². The Kier molecular flexibility index (Phi) is 3.81. The number of anilines is 1. The average molecular weight is 248 g/mol. The monoisotopic (exact) mass is 248 g/mol. The highest BCUT2D eigenvalue weighted by atomic mass is 16.2. The Morgan fingerprint density at radius 3 is 2.78 bits per heavy atom. The van der Waals surface area contributed by atoms with Crippen molar-refractivity contribution >= 4 is 11.6 Å². The average Bonchev–Trinajstić information content (AvgIpc) is 2.39. The molecule has 1 saturated carbocycles. The van der Waals surface area contributed by atoms with Gasteiger partial charge in [-0.3, -0.25) is 15.6 Å². The van der Waals surface area contributed by atoms with Crippen molar-refractivity contribution in [2.45, 2.75) is 44.6 Å². The van der Waals surface area contributed by atoms with E-state index in [4.69, 9.17) is 5.84 Å². The zero-order chi connectivity index (χ0) is 13.0. The molecule has 0 saturated heterocycles. The van der Waals surface area contributed by atoms with E-state index >= 15 is 0 Å². The van der Waals surface area contributed by atoms with Crippen LogP contribution in [0.25, 0.3) is 0 Å². The smallest absolute Gasteiger partial charge is 0.270 e. The summed E-state index contributed by atoms with van der Waals surface area (Å²) in [4.78, 5) is 16.2. The summed E-state index contributed by atoms with van der Waals surface area (Å²) in [6.45, 7) is 2.11. The summed E-state index contributed by atoms with van der Waals surface area (Å²) in [6, 6.07) is 3.38. The van der Waals surface area contributed by atoms with E-state index in [2.05, 4.69) is 22.7 Å². The molecule has 0 atom stereocenters. The van der Waals surface area contributed by atoms with E-state index in [1.807, 2.05) is 0 Å². The second kappa shape index (κ2) is 5.35. The number of hydrogen-bond donors (Lipinski definition) is 3. The van der Waals surface area contributed by atoms with E-state index in [0.717, 1.165) is 12.8 Å². The number of hydrogen-bond acceptors (Lipinski definition) is 4. The Hall–Kier alpha value is -1.62. The topological polar surface area (TPSA) is 80.0 Å². The molecule has 0 aliphatic heterocycles. The lowest BCUT2D eigenvalue weighted by Gasteiger charge is -2.34. The number of nitrogen functional groups attached to an aromatic ring is 1. The third-order valence-corrected chi connectivity index (χ3v) is 3.53. The van der Waals surface area contributed by atoms with Gasteiger partial charge < -0.3 is 10.7 Å². The summed E-state index contributed by atoms with van der Waals surface area (Å²) < 4.78 is 0. The number of aromatic nitrogens is 1. The maximum atomic E-state index is 12.1. The fourth-order valence-corrected chi connectivity index (χ4v) is 2.44. The molecule has 5 nitrogen and oxygen atoms in total. The van der Waals surface area contributed by atoms with Crippen molar-refractivity contribution in [2.75, 3.05) is 5.43 Å². The van der Waals surface area contributed by atoms with Crippen LogP contribution < -0.4 is 16.6 Å². The third-order valence-electron chi connectivity index (χ3n) is 3.53. The van der Waals surface area contributed by atoms with E-state index in [1.165, 1.54) is 19.3 Å². The van der Waals surface area contributed by atoms with Crippen LogP contribution in [0.1, 0.15) is 49.5 Å². The van der Waals surface area contributed by atoms with Gasteiger partial charge in [-0.15, -0.1) is 0 Å². The van der Waals surface area contributed by atoms with Crippen LogP contribution in [0.5, 0.6) is 0 Å². The highest BCUT2D eigenvalue weighted by molar-refractivity contribution is 5.93. The van der Waals surface area contributed by atoms with Crippen molar-refractivity contribution in [1.82, 2.24) is 10.3 Å². The molecule has 0 aromatic carbocycles. The Morgan fingerprint density at radius 1 is 1.39 bits per heavy atom. The summed E-state index contributed by atoms with van der Waals surface area (Å²) in [5, 5.41) is 3.09. The Morgan fingerprint density at radius 2 is 2.11 bits per heavy atom. The molecule has 1 aromatic heterocycles. The van der Waals surface area contributed by atoms with Gasteiger partial charge in [0.2, 0.25) is 0 Å². The van der Waals surface area contributed by atoms with Crippen LogP contribution in [0.2, 0.25) is 0 Å². The number of carbonyl (C=O) groups is 1. The van der Waals surface area contributed by atoms with E-state index in [-0.39, 0.29) is 11.4 Å². The first kappa shape index (κ1) is 12.8. The van der Waals surface area contributed by atoms with Crippen LogP contribution in [0.3, 0.4) is 0 Å². The van der Waals surface area contributed by atoms with Gasteiger partial charge in [0.15, 0.2) is 0 Å². The largest absolute Gasteiger partial charge is 0.346 e. The van der Waals surface area contributed by atoms with Gasteiger partial charge in [-0.1, -0.05) is 19.3 Å². The Labute approximate surface area is 107 Å². The molecule has 0 unspecified atom stereocenters. The van der Waals surface area contributed by atoms with Crippen LogP contribution in [0.15, 0.2) is 18.3 Å². The minimum atomic E-state index is -0.128. The quantitative estimate of drug-likeness (QED) is 0.563. The maximum Gasteiger partial charge on any atom is 0.270 e. The number of rotatable bonds is 3. The lowest BCUT2D eigenvalue weighted by Crippen LogP contribution is -2.47. The molecule has 4 N–H and O–H groups in total. The van der Waals surface area contributed by atoms with E-state index in [9.17, 15) is 4.79 Å². The number of amides is 1. The number of pyridine rings is 1. The number of nitrogens with one attached hydrogen (secondary N) is 2. The van der Waals surface area contributed by atoms with Crippen LogP contribution in [-0.4, -0.2) is 16.4 Å². The van der Waals surface area contributed by atoms with E-state index < -0.39 is 0 Å². The number of nitrogens with two attached hydrogens (primary N) is 1. The van der Waals surface area contributed by atoms with Gasteiger partial charge in [0.05, 0.1) is 5.69 Å². The predicted octanol–water partition coefficient (Wildman–Crippen LogP) is 1.82. The molecule has 0 spiro atoms. The molecule has 0 bridgehead atoms. The molecule has 1 aliphatic carbocycles. The number of hydrazine groups is 1. The molecule has 18 heavy (non-hydrogen) atoms. The lowest BCUT2D eigenvalue weighted by molar-refractivity contribution is 0.0877. The summed E-state index contributed by atoms with van der Waals surface area (Å²) >= 11 is 0. The van der Waals surface area contributed by atoms with Crippen molar-refractivity contribution in [3.8, 4) is 0 Å². The summed E-state index contributed by atoms with van der Waals surface area (Å²) in [6.07, 6.45) is 7.26. The van der Waals surface area contributed by atoms with E-state index in [1.54, 1.807) is 18.3 Å². The second-order valence-electron chi connectivity index (χ2n) is 5.15. The molecule has 1 fully saturated rings. The standard InChI is InChI=1S/C13H20N4O/c1-13(6-3-2-4-7-13)16-12(18)11-9-10(17-14)5-8-15-11/h5,8-9H,2-4,6-7,14H2,1H3,(H,15,17)(H,16,18). The number of carbonyl (C=O) groups excluding carboxylic acids is 1. The molecule has 0 radical (unpaired) electrons. The highest BCUT2D eigenvalue weighted by Crippen LogP contribution is 2.27. The molecular weight excluding hydrogens is 228 g/mol. The summed E-state index contributed by atoms with van der Waals surface area (Å²) in [5.41, 5.74) is 3.51. The van der Waals surface area contributed by atoms with Crippen LogP contribution in [0, 0.1) is 0 Å². The van der Waals surface area contributed by atoms with Crippen molar-refractivity contribution < 1.29 is 4.79 Å². The molecule has 1 aliphatic rings. The van der Waals surface area contributed by atoms with Crippen LogP contribution in [-0.2, 0) is 0 Å². The van der Waals surface area contributed by atoms with Crippen LogP contribution in [0.4, 0.5) is 5.69 Å². The second-order valence-corrected chi connectivity index (χ2v) is 5.15. The fraction of sp³-hybridized carbons (Fsp3) is 0.538. The predicted molar refractivity (Wildman–Crippen MR) is 71.0 cm³/mol. The van der Waals surface area contributed by atoms with Crippen LogP contribution >= 0.6 is 0 Å². The van der Waals surface area contributed by atoms with Crippen molar-refractivity contribution in [2.24, 2.45) is 5.84 Å². The SMILES string of the molecule is CC1(NC(=O)c2cc(NN)ccn2)CCCCC1. The Balaban J connectivity index is 2.06. The minimum Gasteiger partial charge on any atom is -0.346 e. The van der Waals surface area contributed by atoms with Gasteiger partial charge in [0, 0.05) is 11.7 Å². The fourth-order valence-electron chi connectivity index (χ4n) is 2.44. The molecule has 5 heteroatoms. The maximum absolute atomic E-state index is 12.1. The minimum absolute atomic E-state index is 0.0941. The van der Waals surface area contributed by atoms with Gasteiger partial charge >= 0.3 is 0 Å². The zero-order valence-electron chi connectivity index (χ0n) is 10.7. The number of nitrogens with zero attached hydrogens (tertiary/aromatic N) is 1. The van der Waals surface area contributed by atoms with Gasteiger partial charge in [0.1, 0.15) is 5.69 Å². The molecule has 1 heterocycles. The first-order valence-corrected chi connectivity index (χ1v) is 6.38. The first-order valence-electron chi connectivity index (χ1n) is 6.38. The highest BCUT2D eigenvalue weighted by Gasteiger charge is 2.28. The van der Waals surface area contributed by atoms with Crippen molar-refractivity contribution in [3.05, 3.63) is 24.0 Å². The third kappa shape index (κ3) is 2.98. The van der Waals surface area contributed by atoms with Gasteiger partial charge in [-0.25, -0.2) is 0 Å². The van der Waals surface area contributed by atoms with Gasteiger partial charge in [-0.05, 0) is 31.9 Å². The molecule has 1 amide bonds.